The van der Waals surface area contributed by atoms with E-state index in [4.69, 9.17) is 9.47 Å². The molecule has 192 valence electrons. The molecule has 0 bridgehead atoms. The van der Waals surface area contributed by atoms with Gasteiger partial charge in [-0.2, -0.15) is 0 Å². The van der Waals surface area contributed by atoms with Gasteiger partial charge >= 0.3 is 5.97 Å². The molecule has 0 spiro atoms. The fourth-order valence-corrected chi connectivity index (χ4v) is 4.12. The van der Waals surface area contributed by atoms with E-state index in [2.05, 4.69) is 45.0 Å². The van der Waals surface area contributed by atoms with Crippen LogP contribution in [-0.2, 0) is 6.42 Å². The maximum atomic E-state index is 12.6. The highest BCUT2D eigenvalue weighted by atomic mass is 16.5. The molecule has 0 aliphatic carbocycles. The molecule has 0 saturated heterocycles. The van der Waals surface area contributed by atoms with Gasteiger partial charge in [0, 0.05) is 0 Å². The molecular formula is C33H42O3. The molecule has 0 amide bonds. The maximum absolute atomic E-state index is 12.6. The third-order valence-electron chi connectivity index (χ3n) is 6.83. The number of hydrogen-bond donors (Lipinski definition) is 0. The van der Waals surface area contributed by atoms with Crippen molar-refractivity contribution in [2.45, 2.75) is 78.6 Å². The first kappa shape index (κ1) is 27.5. The highest BCUT2D eigenvalue weighted by Gasteiger charge is 2.09. The first-order valence-corrected chi connectivity index (χ1v) is 13.7. The zero-order valence-electron chi connectivity index (χ0n) is 22.3. The van der Waals surface area contributed by atoms with Crippen molar-refractivity contribution >= 4 is 5.97 Å². The van der Waals surface area contributed by atoms with Crippen LogP contribution in [0.3, 0.4) is 0 Å². The number of ether oxygens (including phenoxy) is 2. The van der Waals surface area contributed by atoms with Crippen molar-refractivity contribution in [1.29, 1.82) is 0 Å². The number of rotatable bonds is 15. The van der Waals surface area contributed by atoms with Crippen LogP contribution in [-0.4, -0.2) is 12.6 Å². The van der Waals surface area contributed by atoms with Gasteiger partial charge in [0.15, 0.2) is 0 Å². The summed E-state index contributed by atoms with van der Waals surface area (Å²) >= 11 is 0. The Morgan fingerprint density at radius 2 is 1.31 bits per heavy atom. The zero-order valence-corrected chi connectivity index (χ0v) is 22.3. The zero-order chi connectivity index (χ0) is 25.6. The second-order valence-corrected chi connectivity index (χ2v) is 9.80. The van der Waals surface area contributed by atoms with Crippen LogP contribution in [0.1, 0.15) is 88.1 Å². The van der Waals surface area contributed by atoms with E-state index in [1.54, 1.807) is 12.1 Å². The van der Waals surface area contributed by atoms with Crippen molar-refractivity contribution in [1.82, 2.24) is 0 Å². The Bertz CT molecular complexity index is 1020. The lowest BCUT2D eigenvalue weighted by Crippen LogP contribution is -2.08. The number of hydrogen-bond acceptors (Lipinski definition) is 3. The van der Waals surface area contributed by atoms with E-state index < -0.39 is 0 Å². The molecule has 0 saturated carbocycles. The number of carbonyl (C=O) groups is 1. The van der Waals surface area contributed by atoms with Crippen LogP contribution >= 0.6 is 0 Å². The van der Waals surface area contributed by atoms with Gasteiger partial charge in [0.05, 0.1) is 12.2 Å². The highest BCUT2D eigenvalue weighted by molar-refractivity contribution is 5.91. The summed E-state index contributed by atoms with van der Waals surface area (Å²) in [6.07, 6.45) is 11.0. The van der Waals surface area contributed by atoms with Crippen LogP contribution in [0.2, 0.25) is 0 Å². The van der Waals surface area contributed by atoms with Gasteiger partial charge in [-0.3, -0.25) is 0 Å². The molecule has 0 N–H and O–H groups in total. The van der Waals surface area contributed by atoms with E-state index >= 15 is 0 Å². The van der Waals surface area contributed by atoms with Crippen LogP contribution in [0.4, 0.5) is 0 Å². The minimum absolute atomic E-state index is 0.365. The molecule has 3 aromatic rings. The lowest BCUT2D eigenvalue weighted by molar-refractivity contribution is 0.0734. The minimum atomic E-state index is -0.365. The van der Waals surface area contributed by atoms with Crippen LogP contribution < -0.4 is 9.47 Å². The third-order valence-corrected chi connectivity index (χ3v) is 6.83. The SMILES string of the molecule is CCCCCCCCOc1ccc(C(=O)Oc2ccc(-c3ccc(CCC(C)CC)cc3)cc2)cc1. The molecule has 1 unspecified atom stereocenters. The smallest absolute Gasteiger partial charge is 0.343 e. The van der Waals surface area contributed by atoms with E-state index in [-0.39, 0.29) is 5.97 Å². The number of benzene rings is 3. The number of aryl methyl sites for hydroxylation is 1. The quantitative estimate of drug-likeness (QED) is 0.122. The first-order chi connectivity index (χ1) is 17.6. The van der Waals surface area contributed by atoms with Crippen molar-refractivity contribution in [3.63, 3.8) is 0 Å². The molecule has 3 nitrogen and oxygen atoms in total. The van der Waals surface area contributed by atoms with Crippen molar-refractivity contribution in [2.24, 2.45) is 5.92 Å². The molecule has 0 aromatic heterocycles. The van der Waals surface area contributed by atoms with E-state index in [0.29, 0.717) is 17.9 Å². The lowest BCUT2D eigenvalue weighted by atomic mass is 9.97. The average Bonchev–Trinajstić information content (AvgIpc) is 2.92. The third kappa shape index (κ3) is 9.18. The lowest BCUT2D eigenvalue weighted by Gasteiger charge is -2.10. The maximum Gasteiger partial charge on any atom is 0.343 e. The molecule has 0 heterocycles. The molecule has 0 fully saturated rings. The van der Waals surface area contributed by atoms with Gasteiger partial charge < -0.3 is 9.47 Å². The van der Waals surface area contributed by atoms with Gasteiger partial charge in [-0.15, -0.1) is 0 Å². The van der Waals surface area contributed by atoms with Crippen molar-refractivity contribution in [3.8, 4) is 22.6 Å². The predicted molar refractivity (Wildman–Crippen MR) is 150 cm³/mol. The van der Waals surface area contributed by atoms with Crippen molar-refractivity contribution in [3.05, 3.63) is 83.9 Å². The van der Waals surface area contributed by atoms with Gasteiger partial charge in [-0.25, -0.2) is 4.79 Å². The monoisotopic (exact) mass is 486 g/mol. The van der Waals surface area contributed by atoms with Crippen LogP contribution in [0, 0.1) is 5.92 Å². The summed E-state index contributed by atoms with van der Waals surface area (Å²) in [5.41, 5.74) is 4.16. The molecule has 0 radical (unpaired) electrons. The van der Waals surface area contributed by atoms with Crippen LogP contribution in [0.5, 0.6) is 11.5 Å². The first-order valence-electron chi connectivity index (χ1n) is 13.7. The Labute approximate surface area is 217 Å². The number of unbranched alkanes of at least 4 members (excludes halogenated alkanes) is 5. The van der Waals surface area contributed by atoms with E-state index in [1.807, 2.05) is 36.4 Å². The summed E-state index contributed by atoms with van der Waals surface area (Å²) in [7, 11) is 0. The number of carbonyl (C=O) groups excluding carboxylic acids is 1. The fraction of sp³-hybridized carbons (Fsp3) is 0.424. The Morgan fingerprint density at radius 1 is 0.722 bits per heavy atom. The average molecular weight is 487 g/mol. The predicted octanol–water partition coefficient (Wildman–Crippen LogP) is 9.29. The Hall–Kier alpha value is -3.07. The minimum Gasteiger partial charge on any atom is -0.494 e. The van der Waals surface area contributed by atoms with Gasteiger partial charge in [-0.1, -0.05) is 95.7 Å². The van der Waals surface area contributed by atoms with Crippen molar-refractivity contribution < 1.29 is 14.3 Å². The Balaban J connectivity index is 1.45. The second kappa shape index (κ2) is 15.1. The number of esters is 1. The van der Waals surface area contributed by atoms with E-state index in [0.717, 1.165) is 35.6 Å². The summed E-state index contributed by atoms with van der Waals surface area (Å²) in [4.78, 5) is 12.6. The van der Waals surface area contributed by atoms with Gasteiger partial charge in [0.25, 0.3) is 0 Å². The molecule has 3 heteroatoms. The normalized spacial score (nSPS) is 11.8. The van der Waals surface area contributed by atoms with Gasteiger partial charge in [0.1, 0.15) is 11.5 Å². The molecule has 0 aliphatic rings. The van der Waals surface area contributed by atoms with Gasteiger partial charge in [0.2, 0.25) is 0 Å². The standard InChI is InChI=1S/C33H42O3/c1-4-6-7-8-9-10-25-35-31-21-19-30(20-22-31)33(34)36-32-23-17-29(18-24-32)28-15-13-27(14-16-28)12-11-26(3)5-2/h13-24,26H,4-12,25H2,1-3H3. The highest BCUT2D eigenvalue weighted by Crippen LogP contribution is 2.24. The second-order valence-electron chi connectivity index (χ2n) is 9.80. The molecular weight excluding hydrogens is 444 g/mol. The topological polar surface area (TPSA) is 35.5 Å². The summed E-state index contributed by atoms with van der Waals surface area (Å²) in [6, 6.07) is 23.7. The fourth-order valence-electron chi connectivity index (χ4n) is 4.12. The summed E-state index contributed by atoms with van der Waals surface area (Å²) in [5, 5.41) is 0. The van der Waals surface area contributed by atoms with Crippen molar-refractivity contribution in [2.75, 3.05) is 6.61 Å². The van der Waals surface area contributed by atoms with Crippen LogP contribution in [0.15, 0.2) is 72.8 Å². The van der Waals surface area contributed by atoms with E-state index in [9.17, 15) is 4.79 Å². The van der Waals surface area contributed by atoms with Gasteiger partial charge in [-0.05, 0) is 78.3 Å². The largest absolute Gasteiger partial charge is 0.494 e. The Kier molecular flexibility index (Phi) is 11.6. The van der Waals surface area contributed by atoms with Crippen LogP contribution in [0.25, 0.3) is 11.1 Å². The molecule has 1 atom stereocenters. The summed E-state index contributed by atoms with van der Waals surface area (Å²) in [6.45, 7) is 7.50. The summed E-state index contributed by atoms with van der Waals surface area (Å²) < 4.78 is 11.4. The molecule has 3 rings (SSSR count). The molecule has 36 heavy (non-hydrogen) atoms. The Morgan fingerprint density at radius 3 is 1.94 bits per heavy atom. The van der Waals surface area contributed by atoms with E-state index in [1.165, 1.54) is 50.5 Å². The molecule has 3 aromatic carbocycles. The summed E-state index contributed by atoms with van der Waals surface area (Å²) in [5.74, 6) is 1.73. The molecule has 0 aliphatic heterocycles.